The summed E-state index contributed by atoms with van der Waals surface area (Å²) in [4.78, 5) is 28.1. The predicted octanol–water partition coefficient (Wildman–Crippen LogP) is 1.56. The molecular weight excluding hydrogens is 427 g/mol. The molecular formula is C19H17FN6O4S. The third-order valence-electron chi connectivity index (χ3n) is 4.90. The minimum atomic E-state index is -3.36. The molecule has 0 bridgehead atoms. The van der Waals surface area contributed by atoms with Gasteiger partial charge in [0, 0.05) is 11.9 Å². The standard InChI is InChI=1S/C19H17FN6O4S/c1-12-18(27)24(19(28)25(12)14-5-3-13(20)4-6-14)11-17-21-22-23-26(17)15-7-9-16(10-8-15)31(2,29)30/h3-10,12H,11H2,1-2H3. The number of imide groups is 1. The number of urea groups is 1. The predicted molar refractivity (Wildman–Crippen MR) is 107 cm³/mol. The Morgan fingerprint density at radius 1 is 1.00 bits per heavy atom. The van der Waals surface area contributed by atoms with Crippen molar-refractivity contribution in [1.29, 1.82) is 0 Å². The zero-order valence-electron chi connectivity index (χ0n) is 16.5. The molecule has 1 aromatic heterocycles. The van der Waals surface area contributed by atoms with Crippen LogP contribution >= 0.6 is 0 Å². The number of tetrazole rings is 1. The molecule has 12 heteroatoms. The molecule has 2 heterocycles. The Bertz CT molecular complexity index is 1260. The van der Waals surface area contributed by atoms with Gasteiger partial charge in [-0.15, -0.1) is 5.10 Å². The Morgan fingerprint density at radius 3 is 2.23 bits per heavy atom. The van der Waals surface area contributed by atoms with Gasteiger partial charge in [0.15, 0.2) is 15.7 Å². The molecule has 1 saturated heterocycles. The van der Waals surface area contributed by atoms with Crippen molar-refractivity contribution < 1.29 is 22.4 Å². The van der Waals surface area contributed by atoms with E-state index in [-0.39, 0.29) is 17.3 Å². The summed E-state index contributed by atoms with van der Waals surface area (Å²) in [6, 6.07) is 9.80. The Labute approximate surface area is 176 Å². The molecule has 1 fully saturated rings. The molecule has 2 aromatic carbocycles. The fourth-order valence-corrected chi connectivity index (χ4v) is 3.92. The smallest absolute Gasteiger partial charge is 0.282 e. The van der Waals surface area contributed by atoms with Crippen molar-refractivity contribution in [3.63, 3.8) is 0 Å². The van der Waals surface area contributed by atoms with Crippen molar-refractivity contribution >= 4 is 27.5 Å². The van der Waals surface area contributed by atoms with Gasteiger partial charge >= 0.3 is 6.03 Å². The number of nitrogens with zero attached hydrogens (tertiary/aromatic N) is 6. The summed E-state index contributed by atoms with van der Waals surface area (Å²) in [7, 11) is -3.36. The monoisotopic (exact) mass is 444 g/mol. The first kappa shape index (κ1) is 20.6. The summed E-state index contributed by atoms with van der Waals surface area (Å²) in [6.45, 7) is 1.39. The number of carbonyl (C=O) groups is 2. The van der Waals surface area contributed by atoms with Crippen LogP contribution in [0.25, 0.3) is 5.69 Å². The molecule has 10 nitrogen and oxygen atoms in total. The van der Waals surface area contributed by atoms with Gasteiger partial charge in [0.05, 0.1) is 17.1 Å². The van der Waals surface area contributed by atoms with Crippen molar-refractivity contribution in [2.45, 2.75) is 24.4 Å². The van der Waals surface area contributed by atoms with Gasteiger partial charge in [0.25, 0.3) is 5.91 Å². The first-order valence-corrected chi connectivity index (χ1v) is 11.0. The molecule has 3 amide bonds. The summed E-state index contributed by atoms with van der Waals surface area (Å²) >= 11 is 0. The summed E-state index contributed by atoms with van der Waals surface area (Å²) in [6.07, 6.45) is 1.10. The van der Waals surface area contributed by atoms with E-state index in [9.17, 15) is 22.4 Å². The molecule has 1 aliphatic rings. The third-order valence-corrected chi connectivity index (χ3v) is 6.02. The van der Waals surface area contributed by atoms with Crippen LogP contribution in [0.4, 0.5) is 14.9 Å². The zero-order valence-corrected chi connectivity index (χ0v) is 17.3. The molecule has 0 aliphatic carbocycles. The number of halogens is 1. The fourth-order valence-electron chi connectivity index (χ4n) is 3.29. The highest BCUT2D eigenvalue weighted by Crippen LogP contribution is 2.27. The van der Waals surface area contributed by atoms with Gasteiger partial charge in [-0.2, -0.15) is 4.68 Å². The maximum absolute atomic E-state index is 13.2. The number of sulfone groups is 1. The van der Waals surface area contributed by atoms with Gasteiger partial charge in [0.1, 0.15) is 11.9 Å². The second kappa shape index (κ2) is 7.54. The SMILES string of the molecule is CC1C(=O)N(Cc2nnnn2-c2ccc(S(C)(=O)=O)cc2)C(=O)N1c1ccc(F)cc1. The van der Waals surface area contributed by atoms with Gasteiger partial charge in [-0.25, -0.2) is 17.6 Å². The van der Waals surface area contributed by atoms with Crippen LogP contribution in [0.15, 0.2) is 53.4 Å². The number of aromatic nitrogens is 4. The number of amides is 3. The van der Waals surface area contributed by atoms with Crippen LogP contribution in [0.5, 0.6) is 0 Å². The van der Waals surface area contributed by atoms with Gasteiger partial charge < -0.3 is 0 Å². The van der Waals surface area contributed by atoms with Crippen LogP contribution in [0.1, 0.15) is 12.7 Å². The minimum absolute atomic E-state index is 0.138. The largest absolute Gasteiger partial charge is 0.332 e. The lowest BCUT2D eigenvalue weighted by Gasteiger charge is -2.19. The molecule has 0 spiro atoms. The Morgan fingerprint density at radius 2 is 1.61 bits per heavy atom. The highest BCUT2D eigenvalue weighted by atomic mass is 32.2. The molecule has 1 atom stereocenters. The lowest BCUT2D eigenvalue weighted by Crippen LogP contribution is -2.34. The molecule has 0 N–H and O–H groups in total. The lowest BCUT2D eigenvalue weighted by atomic mass is 10.2. The van der Waals surface area contributed by atoms with Crippen molar-refractivity contribution in [2.24, 2.45) is 0 Å². The summed E-state index contributed by atoms with van der Waals surface area (Å²) < 4.78 is 37.8. The van der Waals surface area contributed by atoms with Crippen LogP contribution in [-0.2, 0) is 21.2 Å². The second-order valence-corrected chi connectivity index (χ2v) is 9.02. The Balaban J connectivity index is 1.60. The van der Waals surface area contributed by atoms with Gasteiger partial charge in [-0.3, -0.25) is 14.6 Å². The first-order chi connectivity index (χ1) is 14.7. The van der Waals surface area contributed by atoms with Crippen molar-refractivity contribution in [3.05, 3.63) is 60.2 Å². The van der Waals surface area contributed by atoms with Crippen LogP contribution in [0, 0.1) is 5.82 Å². The summed E-state index contributed by atoms with van der Waals surface area (Å²) in [5.41, 5.74) is 0.862. The van der Waals surface area contributed by atoms with Crippen LogP contribution in [0.2, 0.25) is 0 Å². The van der Waals surface area contributed by atoms with Crippen molar-refractivity contribution in [2.75, 3.05) is 11.2 Å². The van der Waals surface area contributed by atoms with Crippen LogP contribution < -0.4 is 4.90 Å². The topological polar surface area (TPSA) is 118 Å². The quantitative estimate of drug-likeness (QED) is 0.548. The minimum Gasteiger partial charge on any atom is -0.282 e. The average molecular weight is 444 g/mol. The van der Waals surface area contributed by atoms with Crippen LogP contribution in [-0.4, -0.2) is 57.8 Å². The maximum Gasteiger partial charge on any atom is 0.332 e. The maximum atomic E-state index is 13.2. The molecule has 4 rings (SSSR count). The second-order valence-electron chi connectivity index (χ2n) is 7.00. The first-order valence-electron chi connectivity index (χ1n) is 9.14. The van der Waals surface area contributed by atoms with Gasteiger partial charge in [0.2, 0.25) is 0 Å². The number of anilines is 1. The third kappa shape index (κ3) is 3.77. The van der Waals surface area contributed by atoms with E-state index >= 15 is 0 Å². The number of hydrogen-bond donors (Lipinski definition) is 0. The molecule has 0 saturated carbocycles. The number of hydrogen-bond acceptors (Lipinski definition) is 7. The Kier molecular flexibility index (Phi) is 5.01. The highest BCUT2D eigenvalue weighted by molar-refractivity contribution is 7.90. The number of benzene rings is 2. The molecule has 31 heavy (non-hydrogen) atoms. The normalized spacial score (nSPS) is 16.9. The lowest BCUT2D eigenvalue weighted by molar-refractivity contribution is -0.127. The van der Waals surface area contributed by atoms with E-state index in [1.54, 1.807) is 6.92 Å². The molecule has 1 aliphatic heterocycles. The number of rotatable bonds is 5. The van der Waals surface area contributed by atoms with Gasteiger partial charge in [-0.1, -0.05) is 0 Å². The summed E-state index contributed by atoms with van der Waals surface area (Å²) in [5.74, 6) is -0.689. The average Bonchev–Trinajstić information content (AvgIpc) is 3.27. The summed E-state index contributed by atoms with van der Waals surface area (Å²) in [5, 5.41) is 11.4. The zero-order chi connectivity index (χ0) is 22.3. The fraction of sp³-hybridized carbons (Fsp3) is 0.211. The van der Waals surface area contributed by atoms with E-state index < -0.39 is 33.6 Å². The van der Waals surface area contributed by atoms with E-state index in [1.807, 2.05) is 0 Å². The van der Waals surface area contributed by atoms with Gasteiger partial charge in [-0.05, 0) is 65.9 Å². The molecule has 0 radical (unpaired) electrons. The molecule has 160 valence electrons. The molecule has 3 aromatic rings. The van der Waals surface area contributed by atoms with E-state index in [0.717, 1.165) is 11.2 Å². The number of carbonyl (C=O) groups excluding carboxylic acids is 2. The van der Waals surface area contributed by atoms with Crippen LogP contribution in [0.3, 0.4) is 0 Å². The van der Waals surface area contributed by atoms with E-state index in [0.29, 0.717) is 11.4 Å². The van der Waals surface area contributed by atoms with Crippen molar-refractivity contribution in [3.8, 4) is 5.69 Å². The Hall–Kier alpha value is -3.67. The van der Waals surface area contributed by atoms with E-state index in [4.69, 9.17) is 0 Å². The van der Waals surface area contributed by atoms with E-state index in [1.165, 1.54) is 58.1 Å². The highest BCUT2D eigenvalue weighted by Gasteiger charge is 2.44. The van der Waals surface area contributed by atoms with Crippen molar-refractivity contribution in [1.82, 2.24) is 25.1 Å². The molecule has 1 unspecified atom stereocenters. The van der Waals surface area contributed by atoms with E-state index in [2.05, 4.69) is 15.5 Å².